The Morgan fingerprint density at radius 3 is 2.59 bits per heavy atom. The van der Waals surface area contributed by atoms with Crippen molar-refractivity contribution in [3.8, 4) is 0 Å². The largest absolute Gasteiger partial charge is 0.444 e. The Balaban J connectivity index is 1.88. The zero-order valence-electron chi connectivity index (χ0n) is 16.6. The molecule has 1 atom stereocenters. The van der Waals surface area contributed by atoms with Crippen molar-refractivity contribution in [2.45, 2.75) is 39.2 Å². The van der Waals surface area contributed by atoms with Gasteiger partial charge in [-0.3, -0.25) is 4.79 Å². The van der Waals surface area contributed by atoms with E-state index in [9.17, 15) is 9.59 Å². The molecular weight excluding hydrogens is 364 g/mol. The normalized spacial score (nSPS) is 17.8. The third-order valence-electron chi connectivity index (χ3n) is 4.36. The number of piperidine rings is 1. The molecule has 1 heterocycles. The zero-order chi connectivity index (χ0) is 20.0. The number of ether oxygens (including phenoxy) is 1. The summed E-state index contributed by atoms with van der Waals surface area (Å²) in [6.07, 6.45) is 5.01. The van der Waals surface area contributed by atoms with Crippen LogP contribution in [0.3, 0.4) is 0 Å². The number of halogens is 1. The SMILES string of the molecule is CN(CC1CCCN(C(=O)C=Cc2ccc(Cl)cc2)C1)C(=O)OC(C)(C)C. The molecule has 0 aliphatic carbocycles. The van der Waals surface area contributed by atoms with Gasteiger partial charge in [0.1, 0.15) is 5.60 Å². The molecule has 1 saturated heterocycles. The molecule has 2 rings (SSSR count). The van der Waals surface area contributed by atoms with Crippen LogP contribution in [0.25, 0.3) is 6.08 Å². The second-order valence-electron chi connectivity index (χ2n) is 8.04. The number of carbonyl (C=O) groups excluding carboxylic acids is 2. The summed E-state index contributed by atoms with van der Waals surface area (Å²) in [5, 5.41) is 0.673. The van der Waals surface area contributed by atoms with Gasteiger partial charge in [-0.05, 0) is 63.3 Å². The first-order valence-corrected chi connectivity index (χ1v) is 9.68. The molecule has 1 aliphatic heterocycles. The second kappa shape index (κ2) is 9.27. The summed E-state index contributed by atoms with van der Waals surface area (Å²) in [6.45, 7) is 7.54. The van der Waals surface area contributed by atoms with E-state index in [4.69, 9.17) is 16.3 Å². The molecule has 1 fully saturated rings. The Kier molecular flexibility index (Phi) is 7.31. The second-order valence-corrected chi connectivity index (χ2v) is 8.47. The van der Waals surface area contributed by atoms with Crippen LogP contribution in [0.15, 0.2) is 30.3 Å². The van der Waals surface area contributed by atoms with Crippen LogP contribution in [-0.2, 0) is 9.53 Å². The molecule has 2 amide bonds. The van der Waals surface area contributed by atoms with Crippen molar-refractivity contribution in [2.24, 2.45) is 5.92 Å². The number of carbonyl (C=O) groups is 2. The third-order valence-corrected chi connectivity index (χ3v) is 4.61. The predicted molar refractivity (Wildman–Crippen MR) is 109 cm³/mol. The van der Waals surface area contributed by atoms with Gasteiger partial charge < -0.3 is 14.5 Å². The highest BCUT2D eigenvalue weighted by molar-refractivity contribution is 6.30. The first kappa shape index (κ1) is 21.3. The molecule has 0 saturated carbocycles. The molecule has 0 N–H and O–H groups in total. The van der Waals surface area contributed by atoms with Crippen molar-refractivity contribution in [2.75, 3.05) is 26.7 Å². The summed E-state index contributed by atoms with van der Waals surface area (Å²) < 4.78 is 5.40. The fraction of sp³-hybridized carbons (Fsp3) is 0.524. The van der Waals surface area contributed by atoms with E-state index in [0.717, 1.165) is 24.9 Å². The van der Waals surface area contributed by atoms with E-state index in [-0.39, 0.29) is 17.9 Å². The van der Waals surface area contributed by atoms with Gasteiger partial charge in [-0.15, -0.1) is 0 Å². The molecule has 1 aromatic carbocycles. The lowest BCUT2D eigenvalue weighted by Crippen LogP contribution is -2.44. The van der Waals surface area contributed by atoms with E-state index in [1.165, 1.54) is 0 Å². The van der Waals surface area contributed by atoms with Gasteiger partial charge in [0, 0.05) is 37.8 Å². The number of hydrogen-bond donors (Lipinski definition) is 0. The molecule has 0 radical (unpaired) electrons. The van der Waals surface area contributed by atoms with Gasteiger partial charge in [0.15, 0.2) is 0 Å². The highest BCUT2D eigenvalue weighted by Gasteiger charge is 2.26. The molecule has 148 valence electrons. The van der Waals surface area contributed by atoms with Crippen molar-refractivity contribution in [1.82, 2.24) is 9.80 Å². The van der Waals surface area contributed by atoms with Crippen molar-refractivity contribution in [1.29, 1.82) is 0 Å². The van der Waals surface area contributed by atoms with Crippen LogP contribution in [0.1, 0.15) is 39.2 Å². The topological polar surface area (TPSA) is 49.9 Å². The lowest BCUT2D eigenvalue weighted by molar-refractivity contribution is -0.127. The average Bonchev–Trinajstić information content (AvgIpc) is 2.59. The van der Waals surface area contributed by atoms with Crippen LogP contribution < -0.4 is 0 Å². The van der Waals surface area contributed by atoms with Gasteiger partial charge in [-0.1, -0.05) is 23.7 Å². The van der Waals surface area contributed by atoms with Crippen LogP contribution in [0.5, 0.6) is 0 Å². The molecular formula is C21H29ClN2O3. The molecule has 1 aromatic rings. The predicted octanol–water partition coefficient (Wildman–Crippen LogP) is 4.46. The molecule has 1 unspecified atom stereocenters. The Morgan fingerprint density at radius 2 is 1.96 bits per heavy atom. The van der Waals surface area contributed by atoms with Crippen LogP contribution in [0.2, 0.25) is 5.02 Å². The fourth-order valence-corrected chi connectivity index (χ4v) is 3.19. The summed E-state index contributed by atoms with van der Waals surface area (Å²) in [5.74, 6) is 0.249. The summed E-state index contributed by atoms with van der Waals surface area (Å²) in [6, 6.07) is 7.35. The lowest BCUT2D eigenvalue weighted by Gasteiger charge is -2.34. The van der Waals surface area contributed by atoms with Gasteiger partial charge in [0.25, 0.3) is 0 Å². The Hall–Kier alpha value is -2.01. The molecule has 0 spiro atoms. The van der Waals surface area contributed by atoms with Gasteiger partial charge in [0.05, 0.1) is 0 Å². The lowest BCUT2D eigenvalue weighted by atomic mass is 9.97. The number of hydrogen-bond acceptors (Lipinski definition) is 3. The van der Waals surface area contributed by atoms with E-state index < -0.39 is 5.60 Å². The summed E-state index contributed by atoms with van der Waals surface area (Å²) in [4.78, 5) is 28.1. The minimum atomic E-state index is -0.508. The van der Waals surface area contributed by atoms with Crippen LogP contribution in [0.4, 0.5) is 4.79 Å². The number of likely N-dealkylation sites (tertiary alicyclic amines) is 1. The smallest absolute Gasteiger partial charge is 0.410 e. The maximum Gasteiger partial charge on any atom is 0.410 e. The fourth-order valence-electron chi connectivity index (χ4n) is 3.06. The van der Waals surface area contributed by atoms with Crippen molar-refractivity contribution < 1.29 is 14.3 Å². The molecule has 0 bridgehead atoms. The first-order valence-electron chi connectivity index (χ1n) is 9.31. The minimum absolute atomic E-state index is 0.00503. The van der Waals surface area contributed by atoms with E-state index in [2.05, 4.69) is 0 Å². The average molecular weight is 393 g/mol. The van der Waals surface area contributed by atoms with E-state index in [1.807, 2.05) is 37.8 Å². The van der Waals surface area contributed by atoms with E-state index in [1.54, 1.807) is 36.2 Å². The molecule has 6 heteroatoms. The summed E-state index contributed by atoms with van der Waals surface area (Å²) in [5.41, 5.74) is 0.429. The Labute approximate surface area is 166 Å². The molecule has 27 heavy (non-hydrogen) atoms. The van der Waals surface area contributed by atoms with E-state index >= 15 is 0 Å². The number of benzene rings is 1. The Morgan fingerprint density at radius 1 is 1.30 bits per heavy atom. The number of amides is 2. The highest BCUT2D eigenvalue weighted by atomic mass is 35.5. The molecule has 5 nitrogen and oxygen atoms in total. The molecule has 0 aromatic heterocycles. The van der Waals surface area contributed by atoms with Gasteiger partial charge in [-0.2, -0.15) is 0 Å². The standard InChI is InChI=1S/C21H29ClN2O3/c1-21(2,3)27-20(26)23(4)14-17-6-5-13-24(15-17)19(25)12-9-16-7-10-18(22)11-8-16/h7-12,17H,5-6,13-15H2,1-4H3. The number of rotatable bonds is 4. The monoisotopic (exact) mass is 392 g/mol. The van der Waals surface area contributed by atoms with Crippen LogP contribution >= 0.6 is 11.6 Å². The minimum Gasteiger partial charge on any atom is -0.444 e. The summed E-state index contributed by atoms with van der Waals surface area (Å²) in [7, 11) is 1.75. The third kappa shape index (κ3) is 7.25. The van der Waals surface area contributed by atoms with Gasteiger partial charge in [-0.25, -0.2) is 4.79 Å². The van der Waals surface area contributed by atoms with Crippen molar-refractivity contribution >= 4 is 29.7 Å². The van der Waals surface area contributed by atoms with E-state index in [0.29, 0.717) is 18.1 Å². The quantitative estimate of drug-likeness (QED) is 0.711. The summed E-state index contributed by atoms with van der Waals surface area (Å²) >= 11 is 5.88. The Bertz CT molecular complexity index is 680. The zero-order valence-corrected chi connectivity index (χ0v) is 17.3. The van der Waals surface area contributed by atoms with Crippen molar-refractivity contribution in [3.63, 3.8) is 0 Å². The highest BCUT2D eigenvalue weighted by Crippen LogP contribution is 2.19. The van der Waals surface area contributed by atoms with Gasteiger partial charge >= 0.3 is 6.09 Å². The van der Waals surface area contributed by atoms with Gasteiger partial charge in [0.2, 0.25) is 5.91 Å². The van der Waals surface area contributed by atoms with Crippen LogP contribution in [-0.4, -0.2) is 54.1 Å². The maximum atomic E-state index is 12.5. The number of nitrogens with zero attached hydrogens (tertiary/aromatic N) is 2. The first-order chi connectivity index (χ1) is 12.6. The maximum absolute atomic E-state index is 12.5. The van der Waals surface area contributed by atoms with Crippen LogP contribution in [0, 0.1) is 5.92 Å². The molecule has 1 aliphatic rings. The van der Waals surface area contributed by atoms with Crippen molar-refractivity contribution in [3.05, 3.63) is 40.9 Å².